The zero-order valence-corrected chi connectivity index (χ0v) is 11.3. The van der Waals surface area contributed by atoms with Crippen molar-refractivity contribution < 1.29 is 14.3 Å². The molecular weight excluding hydrogens is 268 g/mol. The van der Waals surface area contributed by atoms with Gasteiger partial charge >= 0.3 is 0 Å². The summed E-state index contributed by atoms with van der Waals surface area (Å²) < 4.78 is 5.06. The summed E-state index contributed by atoms with van der Waals surface area (Å²) >= 11 is 0. The maximum absolute atomic E-state index is 12.1. The van der Waals surface area contributed by atoms with Crippen LogP contribution in [0.4, 0.5) is 0 Å². The quantitative estimate of drug-likeness (QED) is 0.640. The minimum atomic E-state index is -0.402. The zero-order chi connectivity index (χ0) is 14.8. The lowest BCUT2D eigenvalue weighted by atomic mass is 10.1. The van der Waals surface area contributed by atoms with E-state index in [2.05, 4.69) is 5.10 Å². The highest BCUT2D eigenvalue weighted by atomic mass is 16.5. The minimum absolute atomic E-state index is 0.384. The lowest BCUT2D eigenvalue weighted by Crippen LogP contribution is -2.23. The number of methoxy groups -OCH3 is 1. The van der Waals surface area contributed by atoms with Crippen LogP contribution in [0, 0.1) is 0 Å². The molecule has 0 atom stereocenters. The molecule has 5 heteroatoms. The fraction of sp³-hybridized carbons (Fsp3) is 0.0625. The molecule has 0 bridgehead atoms. The second kappa shape index (κ2) is 5.20. The molecule has 0 fully saturated rings. The number of carbonyl (C=O) groups is 2. The molecule has 0 aliphatic carbocycles. The topological polar surface area (TPSA) is 59.0 Å². The SMILES string of the molecule is COc1ccc(/C=N/N2C(=O)c3ccccc3C2=O)cc1. The number of hydrogen-bond acceptors (Lipinski definition) is 4. The van der Waals surface area contributed by atoms with Crippen molar-refractivity contribution in [2.75, 3.05) is 7.11 Å². The minimum Gasteiger partial charge on any atom is -0.497 e. The number of nitrogens with zero attached hydrogens (tertiary/aromatic N) is 2. The van der Waals surface area contributed by atoms with Gasteiger partial charge in [0.15, 0.2) is 0 Å². The van der Waals surface area contributed by atoms with Gasteiger partial charge in [0.05, 0.1) is 24.5 Å². The summed E-state index contributed by atoms with van der Waals surface area (Å²) in [5.41, 5.74) is 1.54. The first-order valence-corrected chi connectivity index (χ1v) is 6.36. The molecule has 5 nitrogen and oxygen atoms in total. The van der Waals surface area contributed by atoms with Crippen molar-refractivity contribution in [2.24, 2.45) is 5.10 Å². The average Bonchev–Trinajstić information content (AvgIpc) is 2.78. The van der Waals surface area contributed by atoms with Crippen molar-refractivity contribution in [3.05, 3.63) is 65.2 Å². The number of imide groups is 1. The van der Waals surface area contributed by atoms with Crippen LogP contribution in [0.1, 0.15) is 26.3 Å². The first-order chi connectivity index (χ1) is 10.2. The molecule has 2 aromatic rings. The van der Waals surface area contributed by atoms with Gasteiger partial charge in [-0.05, 0) is 42.0 Å². The Morgan fingerprint density at radius 2 is 1.52 bits per heavy atom. The van der Waals surface area contributed by atoms with E-state index in [0.717, 1.165) is 16.3 Å². The van der Waals surface area contributed by atoms with E-state index < -0.39 is 11.8 Å². The Bertz CT molecular complexity index is 700. The Morgan fingerprint density at radius 3 is 2.05 bits per heavy atom. The molecule has 3 rings (SSSR count). The molecule has 0 aromatic heterocycles. The summed E-state index contributed by atoms with van der Waals surface area (Å²) in [6.45, 7) is 0. The number of hydrogen-bond donors (Lipinski definition) is 0. The highest BCUT2D eigenvalue weighted by Gasteiger charge is 2.35. The van der Waals surface area contributed by atoms with Crippen molar-refractivity contribution in [3.63, 3.8) is 0 Å². The highest BCUT2D eigenvalue weighted by molar-refractivity contribution is 6.21. The summed E-state index contributed by atoms with van der Waals surface area (Å²) in [5, 5.41) is 4.88. The molecule has 2 aromatic carbocycles. The van der Waals surface area contributed by atoms with Crippen LogP contribution in [-0.2, 0) is 0 Å². The Hall–Kier alpha value is -2.95. The maximum atomic E-state index is 12.1. The van der Waals surface area contributed by atoms with Gasteiger partial charge in [-0.3, -0.25) is 9.59 Å². The normalized spacial score (nSPS) is 13.9. The van der Waals surface area contributed by atoms with E-state index in [1.165, 1.54) is 6.21 Å². The van der Waals surface area contributed by atoms with Gasteiger partial charge in [-0.1, -0.05) is 12.1 Å². The van der Waals surface area contributed by atoms with Gasteiger partial charge in [0, 0.05) is 0 Å². The van der Waals surface area contributed by atoms with Crippen molar-refractivity contribution in [1.82, 2.24) is 5.01 Å². The highest BCUT2D eigenvalue weighted by Crippen LogP contribution is 2.22. The fourth-order valence-electron chi connectivity index (χ4n) is 2.10. The number of benzene rings is 2. The number of ether oxygens (including phenoxy) is 1. The van der Waals surface area contributed by atoms with Gasteiger partial charge in [-0.25, -0.2) is 0 Å². The number of rotatable bonds is 3. The number of amides is 2. The predicted molar refractivity (Wildman–Crippen MR) is 77.5 cm³/mol. The van der Waals surface area contributed by atoms with Crippen LogP contribution in [0.2, 0.25) is 0 Å². The summed E-state index contributed by atoms with van der Waals surface area (Å²) in [4.78, 5) is 24.2. The van der Waals surface area contributed by atoms with Crippen molar-refractivity contribution >= 4 is 18.0 Å². The molecule has 1 aliphatic heterocycles. The molecule has 104 valence electrons. The Labute approximate surface area is 121 Å². The van der Waals surface area contributed by atoms with Gasteiger partial charge in [0.2, 0.25) is 0 Å². The van der Waals surface area contributed by atoms with Crippen molar-refractivity contribution in [3.8, 4) is 5.75 Å². The van der Waals surface area contributed by atoms with E-state index >= 15 is 0 Å². The third kappa shape index (κ3) is 2.29. The molecule has 1 aliphatic rings. The molecular formula is C16H12N2O3. The summed E-state index contributed by atoms with van der Waals surface area (Å²) in [6.07, 6.45) is 1.47. The molecule has 0 N–H and O–H groups in total. The maximum Gasteiger partial charge on any atom is 0.282 e. The number of carbonyl (C=O) groups excluding carboxylic acids is 2. The monoisotopic (exact) mass is 280 g/mol. The molecule has 2 amide bonds. The molecule has 0 saturated carbocycles. The molecule has 0 radical (unpaired) electrons. The fourth-order valence-corrected chi connectivity index (χ4v) is 2.10. The van der Waals surface area contributed by atoms with Crippen LogP contribution >= 0.6 is 0 Å². The first-order valence-electron chi connectivity index (χ1n) is 6.36. The van der Waals surface area contributed by atoms with Crippen molar-refractivity contribution in [2.45, 2.75) is 0 Å². The Morgan fingerprint density at radius 1 is 0.952 bits per heavy atom. The number of fused-ring (bicyclic) bond motifs is 1. The van der Waals surface area contributed by atoms with Crippen LogP contribution in [0.25, 0.3) is 0 Å². The average molecular weight is 280 g/mol. The van der Waals surface area contributed by atoms with Crippen LogP contribution in [0.5, 0.6) is 5.75 Å². The molecule has 21 heavy (non-hydrogen) atoms. The van der Waals surface area contributed by atoms with Gasteiger partial charge < -0.3 is 4.74 Å². The van der Waals surface area contributed by atoms with Gasteiger partial charge in [-0.2, -0.15) is 10.1 Å². The summed E-state index contributed by atoms with van der Waals surface area (Å²) in [7, 11) is 1.59. The van der Waals surface area contributed by atoms with E-state index in [1.54, 1.807) is 55.6 Å². The van der Waals surface area contributed by atoms with E-state index in [1.807, 2.05) is 0 Å². The van der Waals surface area contributed by atoms with E-state index in [-0.39, 0.29) is 0 Å². The predicted octanol–water partition coefficient (Wildman–Crippen LogP) is 2.33. The second-order valence-corrected chi connectivity index (χ2v) is 4.49. The third-order valence-corrected chi connectivity index (χ3v) is 3.21. The number of hydrazone groups is 1. The van der Waals surface area contributed by atoms with E-state index in [9.17, 15) is 9.59 Å². The molecule has 1 heterocycles. The first kappa shape index (κ1) is 13.1. The Balaban J connectivity index is 1.84. The molecule has 0 spiro atoms. The largest absolute Gasteiger partial charge is 0.497 e. The zero-order valence-electron chi connectivity index (χ0n) is 11.3. The van der Waals surface area contributed by atoms with Crippen LogP contribution in [-0.4, -0.2) is 30.1 Å². The second-order valence-electron chi connectivity index (χ2n) is 4.49. The van der Waals surface area contributed by atoms with Crippen LogP contribution in [0.15, 0.2) is 53.6 Å². The van der Waals surface area contributed by atoms with Gasteiger partial charge in [0.1, 0.15) is 5.75 Å². The Kier molecular flexibility index (Phi) is 3.23. The van der Waals surface area contributed by atoms with Crippen molar-refractivity contribution in [1.29, 1.82) is 0 Å². The summed E-state index contributed by atoms with van der Waals surface area (Å²) in [6, 6.07) is 13.8. The lowest BCUT2D eigenvalue weighted by Gasteiger charge is -2.05. The smallest absolute Gasteiger partial charge is 0.282 e. The molecule has 0 saturated heterocycles. The van der Waals surface area contributed by atoms with Gasteiger partial charge in [0.25, 0.3) is 11.8 Å². The van der Waals surface area contributed by atoms with Crippen LogP contribution < -0.4 is 4.74 Å². The van der Waals surface area contributed by atoms with E-state index in [0.29, 0.717) is 11.1 Å². The van der Waals surface area contributed by atoms with Gasteiger partial charge in [-0.15, -0.1) is 0 Å². The third-order valence-electron chi connectivity index (χ3n) is 3.21. The summed E-state index contributed by atoms with van der Waals surface area (Å²) in [5.74, 6) is -0.0754. The van der Waals surface area contributed by atoms with Crippen LogP contribution in [0.3, 0.4) is 0 Å². The lowest BCUT2D eigenvalue weighted by molar-refractivity contribution is 0.0660. The van der Waals surface area contributed by atoms with E-state index in [4.69, 9.17) is 4.74 Å². The standard InChI is InChI=1S/C16H12N2O3/c1-21-12-8-6-11(7-9-12)10-17-18-15(19)13-4-2-3-5-14(13)16(18)20/h2-10H,1H3/b17-10+. The molecule has 0 unspecified atom stereocenters.